The molecular weight excluding hydrogens is 276 g/mol. The van der Waals surface area contributed by atoms with Gasteiger partial charge in [0, 0.05) is 0 Å². The van der Waals surface area contributed by atoms with Crippen molar-refractivity contribution in [3.8, 4) is 6.07 Å². The van der Waals surface area contributed by atoms with Crippen molar-refractivity contribution in [1.82, 2.24) is 0 Å². The van der Waals surface area contributed by atoms with Crippen molar-refractivity contribution in [2.75, 3.05) is 5.32 Å². The minimum absolute atomic E-state index is 0.172. The third-order valence-electron chi connectivity index (χ3n) is 4.42. The van der Waals surface area contributed by atoms with E-state index in [0.717, 1.165) is 12.8 Å². The first-order chi connectivity index (χ1) is 10.7. The van der Waals surface area contributed by atoms with E-state index < -0.39 is 6.10 Å². The van der Waals surface area contributed by atoms with Crippen LogP contribution in [0.25, 0.3) is 0 Å². The maximum atomic E-state index is 12.3. The van der Waals surface area contributed by atoms with Gasteiger partial charge in [0.25, 0.3) is 5.91 Å². The van der Waals surface area contributed by atoms with Gasteiger partial charge in [0.15, 0.2) is 0 Å². The van der Waals surface area contributed by atoms with Crippen LogP contribution in [0.3, 0.4) is 0 Å². The number of amides is 1. The summed E-state index contributed by atoms with van der Waals surface area (Å²) >= 11 is 0. The second kappa shape index (κ2) is 7.95. The quantitative estimate of drug-likeness (QED) is 0.897. The Balaban J connectivity index is 1.96. The number of hydrogen-bond donors (Lipinski definition) is 1. The van der Waals surface area contributed by atoms with Gasteiger partial charge in [-0.05, 0) is 37.8 Å². The molecule has 0 bridgehead atoms. The first-order valence-electron chi connectivity index (χ1n) is 8.11. The molecule has 22 heavy (non-hydrogen) atoms. The molecule has 0 radical (unpaired) electrons. The molecule has 3 atom stereocenters. The molecule has 0 spiro atoms. The molecule has 1 aromatic rings. The molecular formula is C18H24N2O2. The molecule has 118 valence electrons. The van der Waals surface area contributed by atoms with Gasteiger partial charge in [0.05, 0.1) is 17.4 Å². The Kier molecular flexibility index (Phi) is 5.97. The number of hydrogen-bond acceptors (Lipinski definition) is 3. The monoisotopic (exact) mass is 300 g/mol. The summed E-state index contributed by atoms with van der Waals surface area (Å²) in [6.07, 6.45) is 5.41. The highest BCUT2D eigenvalue weighted by molar-refractivity contribution is 5.95. The summed E-state index contributed by atoms with van der Waals surface area (Å²) in [4.78, 5) is 12.3. The Morgan fingerprint density at radius 1 is 1.41 bits per heavy atom. The zero-order valence-corrected chi connectivity index (χ0v) is 13.3. The van der Waals surface area contributed by atoms with E-state index in [1.54, 1.807) is 31.2 Å². The fraction of sp³-hybridized carbons (Fsp3) is 0.556. The second-order valence-corrected chi connectivity index (χ2v) is 5.92. The van der Waals surface area contributed by atoms with Crippen LogP contribution < -0.4 is 5.32 Å². The van der Waals surface area contributed by atoms with Crippen molar-refractivity contribution in [3.05, 3.63) is 29.8 Å². The molecule has 4 nitrogen and oxygen atoms in total. The molecule has 0 aromatic heterocycles. The zero-order chi connectivity index (χ0) is 15.9. The van der Waals surface area contributed by atoms with E-state index in [0.29, 0.717) is 17.2 Å². The Hall–Kier alpha value is -1.86. The molecule has 1 amide bonds. The highest BCUT2D eigenvalue weighted by Gasteiger charge is 2.28. The van der Waals surface area contributed by atoms with Crippen LogP contribution >= 0.6 is 0 Å². The SMILES string of the molecule is CCC1CCCCC1OC(C)C(=O)Nc1ccccc1C#N. The number of nitrogens with zero attached hydrogens (tertiary/aromatic N) is 1. The molecule has 1 aliphatic carbocycles. The van der Waals surface area contributed by atoms with Crippen molar-refractivity contribution >= 4 is 11.6 Å². The van der Waals surface area contributed by atoms with Gasteiger partial charge in [-0.2, -0.15) is 5.26 Å². The number of rotatable bonds is 5. The lowest BCUT2D eigenvalue weighted by molar-refractivity contribution is -0.134. The van der Waals surface area contributed by atoms with Gasteiger partial charge >= 0.3 is 0 Å². The number of anilines is 1. The van der Waals surface area contributed by atoms with Gasteiger partial charge in [-0.1, -0.05) is 38.3 Å². The number of ether oxygens (including phenoxy) is 1. The molecule has 2 rings (SSSR count). The first-order valence-corrected chi connectivity index (χ1v) is 8.11. The lowest BCUT2D eigenvalue weighted by Crippen LogP contribution is -2.36. The third-order valence-corrected chi connectivity index (χ3v) is 4.42. The molecule has 1 fully saturated rings. The van der Waals surface area contributed by atoms with Gasteiger partial charge in [0.1, 0.15) is 12.2 Å². The normalized spacial score (nSPS) is 22.6. The summed E-state index contributed by atoms with van der Waals surface area (Å²) in [6, 6.07) is 9.09. The number of para-hydroxylation sites is 1. The van der Waals surface area contributed by atoms with Crippen LogP contribution in [0.15, 0.2) is 24.3 Å². The van der Waals surface area contributed by atoms with Crippen LogP contribution in [0.1, 0.15) is 51.5 Å². The van der Waals surface area contributed by atoms with Gasteiger partial charge < -0.3 is 10.1 Å². The molecule has 1 aromatic carbocycles. The number of nitrogens with one attached hydrogen (secondary N) is 1. The summed E-state index contributed by atoms with van der Waals surface area (Å²) in [6.45, 7) is 3.96. The third kappa shape index (κ3) is 4.08. The van der Waals surface area contributed by atoms with Crippen molar-refractivity contribution in [3.63, 3.8) is 0 Å². The maximum absolute atomic E-state index is 12.3. The van der Waals surface area contributed by atoms with Crippen molar-refractivity contribution < 1.29 is 9.53 Å². The van der Waals surface area contributed by atoms with Crippen LogP contribution in [0.5, 0.6) is 0 Å². The molecule has 0 saturated heterocycles. The largest absolute Gasteiger partial charge is 0.365 e. The number of carbonyl (C=O) groups excluding carboxylic acids is 1. The van der Waals surface area contributed by atoms with Crippen molar-refractivity contribution in [2.45, 2.75) is 58.2 Å². The fourth-order valence-corrected chi connectivity index (χ4v) is 3.07. The molecule has 1 aliphatic rings. The highest BCUT2D eigenvalue weighted by Crippen LogP contribution is 2.30. The van der Waals surface area contributed by atoms with E-state index in [1.807, 2.05) is 0 Å². The predicted molar refractivity (Wildman–Crippen MR) is 86.4 cm³/mol. The lowest BCUT2D eigenvalue weighted by Gasteiger charge is -2.32. The summed E-state index contributed by atoms with van der Waals surface area (Å²) in [7, 11) is 0. The van der Waals surface area contributed by atoms with Crippen molar-refractivity contribution in [2.24, 2.45) is 5.92 Å². The highest BCUT2D eigenvalue weighted by atomic mass is 16.5. The van der Waals surface area contributed by atoms with E-state index in [9.17, 15) is 4.79 Å². The van der Waals surface area contributed by atoms with Crippen LogP contribution in [-0.4, -0.2) is 18.1 Å². The second-order valence-electron chi connectivity index (χ2n) is 5.92. The van der Waals surface area contributed by atoms with Gasteiger partial charge in [0.2, 0.25) is 0 Å². The number of carbonyl (C=O) groups is 1. The Bertz CT molecular complexity index is 550. The van der Waals surface area contributed by atoms with E-state index in [2.05, 4.69) is 18.3 Å². The van der Waals surface area contributed by atoms with Gasteiger partial charge in [-0.15, -0.1) is 0 Å². The zero-order valence-electron chi connectivity index (χ0n) is 13.3. The smallest absolute Gasteiger partial charge is 0.253 e. The van der Waals surface area contributed by atoms with E-state index >= 15 is 0 Å². The average molecular weight is 300 g/mol. The summed E-state index contributed by atoms with van der Waals surface area (Å²) < 4.78 is 6.01. The minimum atomic E-state index is -0.510. The van der Waals surface area contributed by atoms with Crippen LogP contribution in [0.2, 0.25) is 0 Å². The summed E-state index contributed by atoms with van der Waals surface area (Å²) in [5.41, 5.74) is 1.01. The maximum Gasteiger partial charge on any atom is 0.253 e. The Labute approximate surface area is 132 Å². The van der Waals surface area contributed by atoms with Crippen LogP contribution in [0, 0.1) is 17.2 Å². The van der Waals surface area contributed by atoms with Gasteiger partial charge in [-0.25, -0.2) is 0 Å². The standard InChI is InChI=1S/C18H24N2O2/c1-3-14-8-5-7-11-17(14)22-13(2)18(21)20-16-10-6-4-9-15(16)12-19/h4,6,9-10,13-14,17H,3,5,7-8,11H2,1-2H3,(H,20,21). The van der Waals surface area contributed by atoms with E-state index in [4.69, 9.17) is 10.00 Å². The molecule has 1 saturated carbocycles. The Morgan fingerprint density at radius 3 is 2.86 bits per heavy atom. The lowest BCUT2D eigenvalue weighted by atomic mass is 9.84. The molecule has 4 heteroatoms. The predicted octanol–water partition coefficient (Wildman–Crippen LogP) is 3.87. The summed E-state index contributed by atoms with van der Waals surface area (Å²) in [5, 5.41) is 11.9. The number of nitriles is 1. The van der Waals surface area contributed by atoms with Gasteiger partial charge in [-0.3, -0.25) is 4.79 Å². The number of benzene rings is 1. The van der Waals surface area contributed by atoms with E-state index in [-0.39, 0.29) is 12.0 Å². The van der Waals surface area contributed by atoms with Crippen molar-refractivity contribution in [1.29, 1.82) is 5.26 Å². The molecule has 3 unspecified atom stereocenters. The topological polar surface area (TPSA) is 62.1 Å². The Morgan fingerprint density at radius 2 is 2.14 bits per heavy atom. The fourth-order valence-electron chi connectivity index (χ4n) is 3.07. The molecule has 0 aliphatic heterocycles. The minimum Gasteiger partial charge on any atom is -0.365 e. The van der Waals surface area contributed by atoms with Crippen LogP contribution in [0.4, 0.5) is 5.69 Å². The molecule has 0 heterocycles. The van der Waals surface area contributed by atoms with E-state index in [1.165, 1.54) is 19.3 Å². The average Bonchev–Trinajstić information content (AvgIpc) is 2.55. The first kappa shape index (κ1) is 16.5. The molecule has 1 N–H and O–H groups in total. The van der Waals surface area contributed by atoms with Crippen LogP contribution in [-0.2, 0) is 9.53 Å². The summed E-state index contributed by atoms with van der Waals surface area (Å²) in [5.74, 6) is 0.360.